The summed E-state index contributed by atoms with van der Waals surface area (Å²) in [4.78, 5) is 0. The molecule has 0 saturated heterocycles. The molecule has 0 aliphatic rings. The van der Waals surface area contributed by atoms with Gasteiger partial charge >= 0.3 is 0 Å². The van der Waals surface area contributed by atoms with Gasteiger partial charge in [-0.1, -0.05) is 0 Å². The lowest BCUT2D eigenvalue weighted by Crippen LogP contribution is -2.41. The second kappa shape index (κ2) is 3.84. The number of rotatable bonds is 4. The van der Waals surface area contributed by atoms with Crippen LogP contribution in [0.5, 0.6) is 0 Å². The van der Waals surface area contributed by atoms with E-state index < -0.39 is 32.1 Å². The van der Waals surface area contributed by atoms with E-state index in [2.05, 4.69) is 0 Å². The summed E-state index contributed by atoms with van der Waals surface area (Å²) < 4.78 is 67.5. The molecule has 0 amide bonds. The molecule has 1 unspecified atom stereocenters. The van der Waals surface area contributed by atoms with Crippen LogP contribution < -0.4 is 4.13 Å². The highest BCUT2D eigenvalue weighted by atomic mass is 32.3. The molecule has 13 heavy (non-hydrogen) atoms. The fraction of sp³-hybridized carbons (Fsp3) is 1.00. The molecule has 1 atom stereocenters. The van der Waals surface area contributed by atoms with Gasteiger partial charge in [-0.15, -0.1) is 4.13 Å². The van der Waals surface area contributed by atoms with Crippen molar-refractivity contribution >= 4 is 20.9 Å². The third kappa shape index (κ3) is 3.96. The van der Waals surface area contributed by atoms with Crippen LogP contribution in [0, 0.1) is 0 Å². The number of sulfonamides is 1. The van der Waals surface area contributed by atoms with Gasteiger partial charge in [0, 0.05) is 6.92 Å². The first-order valence-electron chi connectivity index (χ1n) is 3.11. The first-order valence-corrected chi connectivity index (χ1v) is 5.83. The maximum atomic E-state index is 12.4. The van der Waals surface area contributed by atoms with Crippen molar-refractivity contribution in [2.75, 3.05) is 0 Å². The molecule has 0 aromatic carbocycles. The second-order valence-corrected chi connectivity index (χ2v) is 5.53. The average Bonchev–Trinajstić information content (AvgIpc) is 1.80. The molecular formula is C4H9F2NO4S2. The quantitative estimate of drug-likeness (QED) is 0.644. The molecule has 0 radical (unpaired) electrons. The fourth-order valence-corrected chi connectivity index (χ4v) is 2.46. The molecule has 0 bridgehead atoms. The third-order valence-corrected chi connectivity index (χ3v) is 4.34. The Morgan fingerprint density at radius 3 is 2.00 bits per heavy atom. The Balaban J connectivity index is 4.87. The average molecular weight is 237 g/mol. The van der Waals surface area contributed by atoms with E-state index in [0.717, 1.165) is 11.1 Å². The van der Waals surface area contributed by atoms with Crippen molar-refractivity contribution in [3.8, 4) is 0 Å². The molecule has 5 nitrogen and oxygen atoms in total. The molecule has 0 aliphatic heterocycles. The molecule has 0 heterocycles. The standard InChI is InChI=1S/C4H9F2NO4S2/c1-3(4(2,5)6)13(10,11)7-12(8)9/h3,12H,1-2H3,(H,7,8,9). The number of hydrogen-bond acceptors (Lipinski definition) is 4. The van der Waals surface area contributed by atoms with Crippen LogP contribution in [-0.2, 0) is 20.9 Å². The minimum atomic E-state index is -4.51. The lowest BCUT2D eigenvalue weighted by atomic mass is 10.3. The topological polar surface area (TPSA) is 80.3 Å². The number of nitrogens with one attached hydrogen (secondary N) is 1. The molecule has 0 fully saturated rings. The molecule has 0 saturated carbocycles. The van der Waals surface area contributed by atoms with Crippen molar-refractivity contribution in [3.05, 3.63) is 0 Å². The summed E-state index contributed by atoms with van der Waals surface area (Å²) in [6.45, 7) is 1.12. The van der Waals surface area contributed by atoms with E-state index >= 15 is 0 Å². The number of thiol groups is 1. The molecular weight excluding hydrogens is 228 g/mol. The zero-order chi connectivity index (χ0) is 10.9. The van der Waals surface area contributed by atoms with Crippen molar-refractivity contribution in [2.24, 2.45) is 0 Å². The van der Waals surface area contributed by atoms with E-state index in [9.17, 15) is 25.6 Å². The van der Waals surface area contributed by atoms with Crippen molar-refractivity contribution in [3.63, 3.8) is 0 Å². The Kier molecular flexibility index (Phi) is 3.76. The van der Waals surface area contributed by atoms with Crippen LogP contribution in [0.1, 0.15) is 13.8 Å². The maximum Gasteiger partial charge on any atom is 0.263 e. The summed E-state index contributed by atoms with van der Waals surface area (Å²) in [7, 11) is -7.95. The van der Waals surface area contributed by atoms with Gasteiger partial charge in [0.25, 0.3) is 5.92 Å². The van der Waals surface area contributed by atoms with Crippen molar-refractivity contribution < 1.29 is 25.6 Å². The minimum absolute atomic E-state index is 0.398. The number of hydrogen-bond donors (Lipinski definition) is 2. The molecule has 80 valence electrons. The van der Waals surface area contributed by atoms with E-state index in [1.807, 2.05) is 0 Å². The Labute approximate surface area is 76.3 Å². The number of halogens is 2. The smallest absolute Gasteiger partial charge is 0.215 e. The molecule has 0 spiro atoms. The van der Waals surface area contributed by atoms with E-state index in [-0.39, 0.29) is 0 Å². The largest absolute Gasteiger partial charge is 0.263 e. The zero-order valence-corrected chi connectivity index (χ0v) is 8.53. The van der Waals surface area contributed by atoms with Gasteiger partial charge < -0.3 is 0 Å². The first-order chi connectivity index (χ1) is 5.57. The van der Waals surface area contributed by atoms with Crippen molar-refractivity contribution in [1.29, 1.82) is 0 Å². The lowest BCUT2D eigenvalue weighted by Gasteiger charge is -2.17. The van der Waals surface area contributed by atoms with Crippen LogP contribution in [0.2, 0.25) is 0 Å². The van der Waals surface area contributed by atoms with Crippen LogP contribution in [-0.4, -0.2) is 28.0 Å². The van der Waals surface area contributed by atoms with Gasteiger partial charge in [0.05, 0.1) is 0 Å². The summed E-state index contributed by atoms with van der Waals surface area (Å²) in [5.74, 6) is -3.49. The maximum absolute atomic E-state index is 12.4. The molecule has 1 N–H and O–H groups in total. The first kappa shape index (κ1) is 12.7. The van der Waals surface area contributed by atoms with Gasteiger partial charge in [0.1, 0.15) is 5.25 Å². The van der Waals surface area contributed by atoms with Crippen LogP contribution in [0.3, 0.4) is 0 Å². The Bertz CT molecular complexity index is 334. The molecule has 0 rings (SSSR count). The summed E-state index contributed by atoms with van der Waals surface area (Å²) in [6, 6.07) is 0. The SMILES string of the molecule is CC(C(C)(F)F)S(=O)(=O)N[SH](=O)=O. The van der Waals surface area contributed by atoms with Crippen LogP contribution in [0.25, 0.3) is 0 Å². The predicted octanol–water partition coefficient (Wildman–Crippen LogP) is -0.524. The highest BCUT2D eigenvalue weighted by Crippen LogP contribution is 2.22. The van der Waals surface area contributed by atoms with Crippen molar-refractivity contribution in [1.82, 2.24) is 4.13 Å². The summed E-state index contributed by atoms with van der Waals surface area (Å²) in [5, 5.41) is -2.09. The molecule has 9 heteroatoms. The Morgan fingerprint density at radius 2 is 1.77 bits per heavy atom. The third-order valence-electron chi connectivity index (χ3n) is 1.38. The van der Waals surface area contributed by atoms with Gasteiger partial charge in [-0.2, -0.15) is 0 Å². The zero-order valence-electron chi connectivity index (χ0n) is 6.82. The van der Waals surface area contributed by atoms with Gasteiger partial charge in [-0.05, 0) is 6.92 Å². The van der Waals surface area contributed by atoms with Gasteiger partial charge in [0.15, 0.2) is 0 Å². The predicted molar refractivity (Wildman–Crippen MR) is 42.5 cm³/mol. The van der Waals surface area contributed by atoms with Gasteiger partial charge in [-0.3, -0.25) is 0 Å². The lowest BCUT2D eigenvalue weighted by molar-refractivity contribution is 0.0217. The molecule has 0 aliphatic carbocycles. The molecule has 0 aromatic heterocycles. The van der Waals surface area contributed by atoms with Crippen LogP contribution >= 0.6 is 0 Å². The van der Waals surface area contributed by atoms with Crippen LogP contribution in [0.4, 0.5) is 8.78 Å². The normalized spacial score (nSPS) is 16.1. The van der Waals surface area contributed by atoms with Gasteiger partial charge in [0.2, 0.25) is 20.9 Å². The fourth-order valence-electron chi connectivity index (χ4n) is 0.455. The van der Waals surface area contributed by atoms with E-state index in [1.165, 1.54) is 0 Å². The number of alkyl halides is 2. The van der Waals surface area contributed by atoms with E-state index in [1.54, 1.807) is 0 Å². The van der Waals surface area contributed by atoms with Gasteiger partial charge in [-0.25, -0.2) is 25.6 Å². The highest BCUT2D eigenvalue weighted by molar-refractivity contribution is 7.98. The second-order valence-electron chi connectivity index (χ2n) is 2.49. The van der Waals surface area contributed by atoms with E-state index in [4.69, 9.17) is 0 Å². The minimum Gasteiger partial charge on any atom is -0.215 e. The Hall–Kier alpha value is -0.280. The summed E-state index contributed by atoms with van der Waals surface area (Å²) >= 11 is 0. The monoisotopic (exact) mass is 237 g/mol. The summed E-state index contributed by atoms with van der Waals surface area (Å²) in [5.41, 5.74) is 0. The Morgan fingerprint density at radius 1 is 1.38 bits per heavy atom. The van der Waals surface area contributed by atoms with Crippen LogP contribution in [0.15, 0.2) is 0 Å². The highest BCUT2D eigenvalue weighted by Gasteiger charge is 2.40. The van der Waals surface area contributed by atoms with Crippen molar-refractivity contribution in [2.45, 2.75) is 25.0 Å². The van der Waals surface area contributed by atoms with E-state index in [0.29, 0.717) is 6.92 Å². The summed E-state index contributed by atoms with van der Waals surface area (Å²) in [6.07, 6.45) is 0. The molecule has 0 aromatic rings.